The van der Waals surface area contributed by atoms with Gasteiger partial charge in [-0.15, -0.1) is 0 Å². The summed E-state index contributed by atoms with van der Waals surface area (Å²) in [5.41, 5.74) is 5.84. The quantitative estimate of drug-likeness (QED) is 0.0708. The molecule has 4 aromatic carbocycles. The van der Waals surface area contributed by atoms with E-state index in [4.69, 9.17) is 18.0 Å². The Morgan fingerprint density at radius 2 is 1.33 bits per heavy atom. The van der Waals surface area contributed by atoms with Crippen molar-refractivity contribution in [3.8, 4) is 5.75 Å². The second kappa shape index (κ2) is 13.1. The maximum absolute atomic E-state index is 11.4. The van der Waals surface area contributed by atoms with Crippen LogP contribution in [0.15, 0.2) is 104 Å². The van der Waals surface area contributed by atoms with Crippen LogP contribution in [0.4, 0.5) is 5.69 Å². The van der Waals surface area contributed by atoms with Crippen LogP contribution < -0.4 is 14.2 Å². The first kappa shape index (κ1) is 34.0. The number of anilines is 1. The van der Waals surface area contributed by atoms with Gasteiger partial charge in [0.15, 0.2) is 12.3 Å². The number of furan rings is 2. The third kappa shape index (κ3) is 6.77. The number of unbranched alkanes of at least 4 members (excludes halogenated alkanes) is 2. The fraction of sp³-hybridized carbons (Fsp3) is 0.237. The SMILES string of the molecule is CC(=Cc1oc2cc3c(cc2[n+]1CCCCS(=O)(=O)O)oc1ccccc13)C=C1Oc2cc3c(cc2N1CCCCS(=O)(=O)O)oc1ccccc13. The van der Waals surface area contributed by atoms with E-state index >= 15 is 0 Å². The molecule has 12 nitrogen and oxygen atoms in total. The number of para-hydroxylation sites is 2. The molecule has 2 N–H and O–H groups in total. The lowest BCUT2D eigenvalue weighted by molar-refractivity contribution is -0.678. The van der Waals surface area contributed by atoms with E-state index in [9.17, 15) is 25.9 Å². The molecule has 0 atom stereocenters. The summed E-state index contributed by atoms with van der Waals surface area (Å²) in [6.07, 6.45) is 5.19. The Morgan fingerprint density at radius 1 is 0.712 bits per heavy atom. The molecule has 0 fully saturated rings. The highest BCUT2D eigenvalue weighted by Crippen LogP contribution is 2.44. The minimum absolute atomic E-state index is 0.258. The molecule has 0 aliphatic carbocycles. The topological polar surface area (TPSA) is 165 Å². The number of hydrogen-bond donors (Lipinski definition) is 2. The third-order valence-corrected chi connectivity index (χ3v) is 10.8. The van der Waals surface area contributed by atoms with E-state index in [0.29, 0.717) is 60.2 Å². The van der Waals surface area contributed by atoms with Crippen molar-refractivity contribution < 1.29 is 48.5 Å². The first-order valence-electron chi connectivity index (χ1n) is 16.9. The maximum atomic E-state index is 11.4. The highest BCUT2D eigenvalue weighted by molar-refractivity contribution is 7.86. The molecular weight excluding hydrogens is 709 g/mol. The number of fused-ring (bicyclic) bond motifs is 8. The van der Waals surface area contributed by atoms with Gasteiger partial charge in [-0.3, -0.25) is 9.11 Å². The van der Waals surface area contributed by atoms with Crippen molar-refractivity contribution in [1.29, 1.82) is 0 Å². The summed E-state index contributed by atoms with van der Waals surface area (Å²) in [6, 6.07) is 23.3. The van der Waals surface area contributed by atoms with Gasteiger partial charge in [-0.2, -0.15) is 21.4 Å². The van der Waals surface area contributed by atoms with E-state index < -0.39 is 20.2 Å². The summed E-state index contributed by atoms with van der Waals surface area (Å²) in [6.45, 7) is 2.74. The normalized spacial score (nSPS) is 14.9. The van der Waals surface area contributed by atoms with Gasteiger partial charge < -0.3 is 22.9 Å². The maximum Gasteiger partial charge on any atom is 0.374 e. The van der Waals surface area contributed by atoms with Crippen molar-refractivity contribution in [2.24, 2.45) is 0 Å². The van der Waals surface area contributed by atoms with Crippen LogP contribution in [0, 0.1) is 0 Å². The smallest absolute Gasteiger partial charge is 0.374 e. The Hall–Kier alpha value is -5.15. The van der Waals surface area contributed by atoms with E-state index in [1.54, 1.807) is 0 Å². The Labute approximate surface area is 298 Å². The minimum Gasteiger partial charge on any atom is -0.456 e. The number of oxazole rings is 1. The largest absolute Gasteiger partial charge is 0.456 e. The fourth-order valence-electron chi connectivity index (χ4n) is 6.86. The van der Waals surface area contributed by atoms with E-state index in [-0.39, 0.29) is 24.3 Å². The lowest BCUT2D eigenvalue weighted by Gasteiger charge is -2.18. The van der Waals surface area contributed by atoms with Crippen LogP contribution in [0.25, 0.3) is 61.1 Å². The van der Waals surface area contributed by atoms with Crippen molar-refractivity contribution in [1.82, 2.24) is 0 Å². The summed E-state index contributed by atoms with van der Waals surface area (Å²) in [7, 11) is -8.18. The van der Waals surface area contributed by atoms with Gasteiger partial charge in [0.2, 0.25) is 11.5 Å². The van der Waals surface area contributed by atoms with E-state index in [2.05, 4.69) is 0 Å². The third-order valence-electron chi connectivity index (χ3n) is 9.23. The van der Waals surface area contributed by atoms with Crippen LogP contribution in [0.2, 0.25) is 0 Å². The van der Waals surface area contributed by atoms with Crippen molar-refractivity contribution in [2.45, 2.75) is 39.2 Å². The van der Waals surface area contributed by atoms with Crippen LogP contribution in [0.5, 0.6) is 5.75 Å². The predicted octanol–water partition coefficient (Wildman–Crippen LogP) is 8.00. The highest BCUT2D eigenvalue weighted by Gasteiger charge is 2.29. The number of hydrogen-bond acceptors (Lipinski definition) is 9. The fourth-order valence-corrected chi connectivity index (χ4v) is 7.99. The van der Waals surface area contributed by atoms with Gasteiger partial charge in [-0.1, -0.05) is 36.4 Å². The van der Waals surface area contributed by atoms with Crippen LogP contribution in [0.3, 0.4) is 0 Å². The molecule has 0 radical (unpaired) electrons. The Morgan fingerprint density at radius 3 is 2.00 bits per heavy atom. The highest BCUT2D eigenvalue weighted by atomic mass is 32.2. The monoisotopic (exact) mass is 743 g/mol. The van der Waals surface area contributed by atoms with Crippen LogP contribution in [-0.2, 0) is 26.8 Å². The molecule has 52 heavy (non-hydrogen) atoms. The Kier molecular flexibility index (Phi) is 8.57. The molecule has 0 unspecified atom stereocenters. The summed E-state index contributed by atoms with van der Waals surface area (Å²) in [5, 5.41) is 3.74. The molecule has 0 amide bonds. The number of aryl methyl sites for hydroxylation is 1. The van der Waals surface area contributed by atoms with Gasteiger partial charge in [0, 0.05) is 46.7 Å². The van der Waals surface area contributed by atoms with Gasteiger partial charge in [0.05, 0.1) is 29.3 Å². The zero-order valence-corrected chi connectivity index (χ0v) is 29.7. The van der Waals surface area contributed by atoms with Crippen molar-refractivity contribution >= 4 is 87.0 Å². The molecule has 0 spiro atoms. The minimum atomic E-state index is -4.09. The summed E-state index contributed by atoms with van der Waals surface area (Å²) in [5.74, 6) is 0.983. The summed E-state index contributed by atoms with van der Waals surface area (Å²) >= 11 is 0. The van der Waals surface area contributed by atoms with Crippen LogP contribution in [0.1, 0.15) is 38.5 Å². The average Bonchev–Trinajstić information content (AvgIpc) is 3.82. The number of ether oxygens (including phenoxy) is 1. The van der Waals surface area contributed by atoms with Gasteiger partial charge in [-0.05, 0) is 56.0 Å². The van der Waals surface area contributed by atoms with Crippen molar-refractivity contribution in [3.05, 3.63) is 96.2 Å². The standard InChI is InChI=1S/C38H34N2O10S2/c1-24(18-37-39(14-6-8-16-51(41,42)43)29-22-33-27(20-35(29)49-37)25-10-2-4-12-31(25)47-33)19-38-40(15-7-9-17-52(44,45)46)30-23-34-28(21-36(30)50-38)26-11-3-5-13-32(26)48-34/h2-5,10-13,18-23H,6-9,14-17H2,1H3,(H-,41,42,43,44,45,46)/p+1. The second-order valence-electron chi connectivity index (χ2n) is 13.0. The van der Waals surface area contributed by atoms with Gasteiger partial charge >= 0.3 is 5.89 Å². The number of allylic oxidation sites excluding steroid dienone is 2. The van der Waals surface area contributed by atoms with Crippen LogP contribution >= 0.6 is 0 Å². The average molecular weight is 744 g/mol. The Balaban J connectivity index is 1.17. The van der Waals surface area contributed by atoms with Gasteiger partial charge in [0.25, 0.3) is 25.8 Å². The van der Waals surface area contributed by atoms with E-state index in [1.165, 1.54) is 0 Å². The van der Waals surface area contributed by atoms with Gasteiger partial charge in [-0.25, -0.2) is 0 Å². The first-order chi connectivity index (χ1) is 24.9. The van der Waals surface area contributed by atoms with Crippen molar-refractivity contribution in [2.75, 3.05) is 23.0 Å². The molecule has 0 saturated carbocycles. The number of rotatable bonds is 12. The molecule has 1 aliphatic heterocycles. The van der Waals surface area contributed by atoms with Gasteiger partial charge in [0.1, 0.15) is 22.3 Å². The zero-order valence-electron chi connectivity index (χ0n) is 28.1. The number of nitrogens with zero attached hydrogens (tertiary/aromatic N) is 2. The zero-order chi connectivity index (χ0) is 36.2. The lowest BCUT2D eigenvalue weighted by atomic mass is 10.1. The predicted molar refractivity (Wildman–Crippen MR) is 198 cm³/mol. The molecular formula is C38H35N2O10S2+. The molecule has 7 aromatic rings. The Bertz CT molecular complexity index is 2810. The number of aromatic nitrogens is 1. The summed E-state index contributed by atoms with van der Waals surface area (Å²) < 4.78 is 91.3. The molecule has 4 heterocycles. The summed E-state index contributed by atoms with van der Waals surface area (Å²) in [4.78, 5) is 1.96. The number of benzene rings is 4. The molecule has 0 saturated heterocycles. The second-order valence-corrected chi connectivity index (χ2v) is 16.2. The van der Waals surface area contributed by atoms with Crippen LogP contribution in [-0.4, -0.2) is 44.0 Å². The first-order valence-corrected chi connectivity index (χ1v) is 20.1. The molecule has 268 valence electrons. The molecule has 1 aliphatic rings. The molecule has 8 rings (SSSR count). The van der Waals surface area contributed by atoms with E-state index in [0.717, 1.165) is 49.5 Å². The molecule has 0 bridgehead atoms. The van der Waals surface area contributed by atoms with Crippen molar-refractivity contribution in [3.63, 3.8) is 0 Å². The lowest BCUT2D eigenvalue weighted by Crippen LogP contribution is -2.35. The van der Waals surface area contributed by atoms with E-state index in [1.807, 2.05) is 101 Å². The molecule has 14 heteroatoms. The molecule has 3 aromatic heterocycles.